The van der Waals surface area contributed by atoms with Crippen molar-refractivity contribution in [2.75, 3.05) is 7.11 Å². The lowest BCUT2D eigenvalue weighted by Crippen LogP contribution is -2.39. The summed E-state index contributed by atoms with van der Waals surface area (Å²) in [7, 11) is -0.0729. The summed E-state index contributed by atoms with van der Waals surface area (Å²) in [5.41, 5.74) is 2.52. The van der Waals surface area contributed by atoms with Crippen molar-refractivity contribution in [3.05, 3.63) is 59.7 Å². The van der Waals surface area contributed by atoms with Crippen LogP contribution in [0.25, 0.3) is 0 Å². The Bertz CT molecular complexity index is 590. The molecule has 0 saturated carbocycles. The highest BCUT2D eigenvalue weighted by molar-refractivity contribution is 6.85. The van der Waals surface area contributed by atoms with E-state index in [-0.39, 0.29) is 6.10 Å². The highest BCUT2D eigenvalue weighted by Crippen LogP contribution is 2.35. The summed E-state index contributed by atoms with van der Waals surface area (Å²) in [5.74, 6) is 0.881. The molecule has 2 aromatic carbocycles. The first-order valence-corrected chi connectivity index (χ1v) is 9.44. The van der Waals surface area contributed by atoms with Gasteiger partial charge in [-0.3, -0.25) is 0 Å². The molecular weight excluding hydrogens is 252 g/mol. The van der Waals surface area contributed by atoms with E-state index >= 15 is 0 Å². The number of fused-ring (bicyclic) bond motifs is 1. The molecule has 19 heavy (non-hydrogen) atoms. The van der Waals surface area contributed by atoms with Gasteiger partial charge >= 0.3 is 0 Å². The van der Waals surface area contributed by atoms with Crippen molar-refractivity contribution in [2.24, 2.45) is 0 Å². The van der Waals surface area contributed by atoms with Gasteiger partial charge in [-0.25, -0.2) is 0 Å². The molecule has 1 atom stereocenters. The second-order valence-corrected chi connectivity index (χ2v) is 9.16. The van der Waals surface area contributed by atoms with Crippen molar-refractivity contribution in [3.63, 3.8) is 0 Å². The zero-order valence-electron chi connectivity index (χ0n) is 11.5. The Morgan fingerprint density at radius 3 is 2.37 bits per heavy atom. The number of hydrogen-bond acceptors (Lipinski definition) is 2. The first-order valence-electron chi connectivity index (χ1n) is 6.53. The average Bonchev–Trinajstić information content (AvgIpc) is 2.72. The van der Waals surface area contributed by atoms with E-state index in [1.807, 2.05) is 12.1 Å². The van der Waals surface area contributed by atoms with Crippen molar-refractivity contribution in [2.45, 2.75) is 19.2 Å². The number of ether oxygens (including phenoxy) is 1. The third-order valence-corrected chi connectivity index (χ3v) is 6.30. The molecule has 0 spiro atoms. The van der Waals surface area contributed by atoms with Crippen molar-refractivity contribution in [3.8, 4) is 5.75 Å². The van der Waals surface area contributed by atoms with Gasteiger partial charge in [0.15, 0.2) is 0 Å². The predicted octanol–water partition coefficient (Wildman–Crippen LogP) is 3.23. The molecule has 3 heteroatoms. The fourth-order valence-corrected chi connectivity index (χ4v) is 5.11. The summed E-state index contributed by atoms with van der Waals surface area (Å²) in [5, 5.41) is 1.41. The molecule has 0 saturated heterocycles. The van der Waals surface area contributed by atoms with Crippen LogP contribution in [0, 0.1) is 0 Å². The molecule has 0 N–H and O–H groups in total. The monoisotopic (exact) mass is 270 g/mol. The molecule has 1 heterocycles. The maximum atomic E-state index is 6.38. The molecule has 2 nitrogen and oxygen atoms in total. The van der Waals surface area contributed by atoms with Gasteiger partial charge in [-0.05, 0) is 41.5 Å². The molecule has 1 aliphatic rings. The van der Waals surface area contributed by atoms with E-state index in [0.717, 1.165) is 5.75 Å². The molecule has 0 aliphatic carbocycles. The molecule has 0 radical (unpaired) electrons. The van der Waals surface area contributed by atoms with E-state index in [0.29, 0.717) is 0 Å². The van der Waals surface area contributed by atoms with E-state index in [2.05, 4.69) is 49.5 Å². The van der Waals surface area contributed by atoms with Crippen LogP contribution in [0.2, 0.25) is 13.1 Å². The molecule has 0 fully saturated rings. The Hall–Kier alpha value is -1.58. The first-order chi connectivity index (χ1) is 9.12. The average molecular weight is 270 g/mol. The van der Waals surface area contributed by atoms with Crippen LogP contribution in [0.1, 0.15) is 17.2 Å². The van der Waals surface area contributed by atoms with Gasteiger partial charge < -0.3 is 9.16 Å². The first kappa shape index (κ1) is 12.5. The largest absolute Gasteiger partial charge is 0.497 e. The fourth-order valence-electron chi connectivity index (χ4n) is 2.72. The van der Waals surface area contributed by atoms with Crippen LogP contribution in [-0.4, -0.2) is 15.4 Å². The maximum absolute atomic E-state index is 6.38. The number of benzene rings is 2. The lowest BCUT2D eigenvalue weighted by molar-refractivity contribution is 0.259. The Balaban J connectivity index is 2.03. The second kappa shape index (κ2) is 4.51. The van der Waals surface area contributed by atoms with Gasteiger partial charge in [-0.2, -0.15) is 0 Å². The van der Waals surface area contributed by atoms with E-state index < -0.39 is 8.32 Å². The number of rotatable bonds is 2. The van der Waals surface area contributed by atoms with Crippen LogP contribution in [0.5, 0.6) is 5.75 Å². The molecule has 0 amide bonds. The smallest absolute Gasteiger partial charge is 0.219 e. The Morgan fingerprint density at radius 2 is 1.68 bits per heavy atom. The summed E-state index contributed by atoms with van der Waals surface area (Å²) >= 11 is 0. The molecule has 1 unspecified atom stereocenters. The molecule has 0 bridgehead atoms. The highest BCUT2D eigenvalue weighted by Gasteiger charge is 2.40. The fraction of sp³-hybridized carbons (Fsp3) is 0.250. The van der Waals surface area contributed by atoms with Crippen molar-refractivity contribution >= 4 is 13.5 Å². The van der Waals surface area contributed by atoms with Crippen molar-refractivity contribution < 1.29 is 9.16 Å². The minimum atomic E-state index is -1.76. The van der Waals surface area contributed by atoms with Gasteiger partial charge in [0.05, 0.1) is 13.2 Å². The molecule has 2 aromatic rings. The summed E-state index contributed by atoms with van der Waals surface area (Å²) in [6.45, 7) is 4.52. The Morgan fingerprint density at radius 1 is 1.00 bits per heavy atom. The summed E-state index contributed by atoms with van der Waals surface area (Å²) in [6.07, 6.45) is 0.0729. The van der Waals surface area contributed by atoms with Crippen molar-refractivity contribution in [1.82, 2.24) is 0 Å². The van der Waals surface area contributed by atoms with Gasteiger partial charge in [0.2, 0.25) is 8.32 Å². The molecule has 98 valence electrons. The quantitative estimate of drug-likeness (QED) is 0.780. The van der Waals surface area contributed by atoms with E-state index in [1.54, 1.807) is 7.11 Å². The van der Waals surface area contributed by atoms with E-state index in [9.17, 15) is 0 Å². The molecule has 0 aromatic heterocycles. The van der Waals surface area contributed by atoms with Crippen LogP contribution in [0.3, 0.4) is 0 Å². The topological polar surface area (TPSA) is 18.5 Å². The lowest BCUT2D eigenvalue weighted by atomic mass is 10.0. The summed E-state index contributed by atoms with van der Waals surface area (Å²) in [6, 6.07) is 16.8. The number of methoxy groups -OCH3 is 1. The van der Waals surface area contributed by atoms with Crippen LogP contribution >= 0.6 is 0 Å². The molecule has 3 rings (SSSR count). The lowest BCUT2D eigenvalue weighted by Gasteiger charge is -2.18. The van der Waals surface area contributed by atoms with Gasteiger partial charge in [-0.1, -0.05) is 36.4 Å². The Labute approximate surface area is 115 Å². The van der Waals surface area contributed by atoms with Gasteiger partial charge in [-0.15, -0.1) is 0 Å². The minimum Gasteiger partial charge on any atom is -0.497 e. The van der Waals surface area contributed by atoms with E-state index in [4.69, 9.17) is 9.16 Å². The van der Waals surface area contributed by atoms with Crippen LogP contribution in [-0.2, 0) is 4.43 Å². The number of hydrogen-bond donors (Lipinski definition) is 0. The highest BCUT2D eigenvalue weighted by atomic mass is 28.4. The SMILES string of the molecule is COc1ccc(C2O[Si](C)(C)c3ccccc32)cc1. The zero-order valence-corrected chi connectivity index (χ0v) is 12.5. The zero-order chi connectivity index (χ0) is 13.5. The predicted molar refractivity (Wildman–Crippen MR) is 79.5 cm³/mol. The maximum Gasteiger partial charge on any atom is 0.219 e. The van der Waals surface area contributed by atoms with Gasteiger partial charge in [0.1, 0.15) is 5.75 Å². The van der Waals surface area contributed by atoms with E-state index in [1.165, 1.54) is 16.3 Å². The second-order valence-electron chi connectivity index (χ2n) is 5.37. The summed E-state index contributed by atoms with van der Waals surface area (Å²) in [4.78, 5) is 0. The normalized spacial score (nSPS) is 20.1. The van der Waals surface area contributed by atoms with Crippen LogP contribution in [0.15, 0.2) is 48.5 Å². The van der Waals surface area contributed by atoms with Crippen molar-refractivity contribution in [1.29, 1.82) is 0 Å². The minimum absolute atomic E-state index is 0.0729. The van der Waals surface area contributed by atoms with Gasteiger partial charge in [0.25, 0.3) is 0 Å². The van der Waals surface area contributed by atoms with Gasteiger partial charge in [0, 0.05) is 0 Å². The third-order valence-electron chi connectivity index (χ3n) is 3.72. The third kappa shape index (κ3) is 2.09. The Kier molecular flexibility index (Phi) is 2.95. The molecule has 1 aliphatic heterocycles. The van der Waals surface area contributed by atoms with Crippen LogP contribution < -0.4 is 9.92 Å². The van der Waals surface area contributed by atoms with Crippen LogP contribution in [0.4, 0.5) is 0 Å². The summed E-state index contributed by atoms with van der Waals surface area (Å²) < 4.78 is 11.6. The standard InChI is InChI=1S/C16H18O2Si/c1-17-13-10-8-12(9-11-13)16-14-6-4-5-7-15(14)19(2,3)18-16/h4-11,16H,1-3H3. The molecular formula is C16H18O2Si.